The molecule has 7 nitrogen and oxygen atoms in total. The fourth-order valence-corrected chi connectivity index (χ4v) is 4.38. The fraction of sp³-hybridized carbons (Fsp3) is 0.133. The number of anilines is 2. The minimum atomic E-state index is -0.744. The first-order chi connectivity index (χ1) is 18.4. The van der Waals surface area contributed by atoms with E-state index in [0.29, 0.717) is 22.5 Å². The third kappa shape index (κ3) is 5.15. The highest BCUT2D eigenvalue weighted by atomic mass is 19.1. The first-order valence-electron chi connectivity index (χ1n) is 12.2. The number of hydrogen-bond acceptors (Lipinski definition) is 5. The van der Waals surface area contributed by atoms with Gasteiger partial charge in [-0.2, -0.15) is 4.98 Å². The van der Waals surface area contributed by atoms with Crippen molar-refractivity contribution in [2.45, 2.75) is 19.5 Å². The summed E-state index contributed by atoms with van der Waals surface area (Å²) in [6.45, 7) is 2.01. The maximum absolute atomic E-state index is 13.7. The molecule has 5 aromatic rings. The van der Waals surface area contributed by atoms with Crippen LogP contribution in [0.4, 0.5) is 16.2 Å². The number of nitrogens with zero attached hydrogens (tertiary/aromatic N) is 4. The number of aromatic nitrogens is 3. The largest absolute Gasteiger partial charge is 0.350 e. The van der Waals surface area contributed by atoms with E-state index in [1.165, 1.54) is 23.2 Å². The molecule has 0 saturated carbocycles. The Kier molecular flexibility index (Phi) is 6.95. The molecule has 5 rings (SSSR count). The molecule has 38 heavy (non-hydrogen) atoms. The molecule has 2 aromatic heterocycles. The molecule has 0 bridgehead atoms. The number of benzene rings is 3. The Balaban J connectivity index is 1.49. The lowest BCUT2D eigenvalue weighted by molar-refractivity contribution is -0.114. The number of amides is 1. The number of fused-ring (bicyclic) bond motifs is 1. The molecule has 0 spiro atoms. The second kappa shape index (κ2) is 10.6. The van der Waals surface area contributed by atoms with Gasteiger partial charge in [0, 0.05) is 30.3 Å². The van der Waals surface area contributed by atoms with Gasteiger partial charge >= 0.3 is 5.91 Å². The van der Waals surface area contributed by atoms with Gasteiger partial charge in [0.2, 0.25) is 5.95 Å². The quantitative estimate of drug-likeness (QED) is 0.215. The SMILES string of the molecule is CC(Nc1nccc(N(Cc2ccc(F)cc2)C(=O)C(=O)c2cn(C)c3ccccc23)n1)c1ccccc1. The number of ketones is 1. The number of nitrogens with one attached hydrogen (secondary N) is 1. The summed E-state index contributed by atoms with van der Waals surface area (Å²) in [6.07, 6.45) is 3.20. The standard InChI is InChI=1S/C30H26FN5O2/c1-20(22-8-4-3-5-9-22)33-30-32-17-16-27(34-30)36(18-21-12-14-23(31)15-13-21)29(38)28(37)25-19-35(2)26-11-7-6-10-24(25)26/h3-17,19-20H,18H2,1-2H3,(H,32,33,34). The minimum Gasteiger partial charge on any atom is -0.350 e. The van der Waals surface area contributed by atoms with E-state index in [0.717, 1.165) is 11.1 Å². The van der Waals surface area contributed by atoms with Crippen LogP contribution < -0.4 is 10.2 Å². The first-order valence-corrected chi connectivity index (χ1v) is 12.2. The molecular formula is C30H26FN5O2. The number of rotatable bonds is 8. The summed E-state index contributed by atoms with van der Waals surface area (Å²) in [6, 6.07) is 24.5. The molecule has 0 aliphatic carbocycles. The van der Waals surface area contributed by atoms with Crippen LogP contribution in [0.3, 0.4) is 0 Å². The van der Waals surface area contributed by atoms with Gasteiger partial charge in [-0.15, -0.1) is 0 Å². The lowest BCUT2D eigenvalue weighted by Gasteiger charge is -2.22. The number of halogens is 1. The van der Waals surface area contributed by atoms with Gasteiger partial charge in [-0.25, -0.2) is 9.37 Å². The predicted molar refractivity (Wildman–Crippen MR) is 145 cm³/mol. The topological polar surface area (TPSA) is 80.1 Å². The zero-order chi connectivity index (χ0) is 26.6. The summed E-state index contributed by atoms with van der Waals surface area (Å²) in [4.78, 5) is 37.5. The average molecular weight is 508 g/mol. The van der Waals surface area contributed by atoms with Crippen molar-refractivity contribution in [2.24, 2.45) is 7.05 Å². The molecule has 8 heteroatoms. The van der Waals surface area contributed by atoms with E-state index in [1.807, 2.05) is 73.1 Å². The van der Waals surface area contributed by atoms with Crippen molar-refractivity contribution < 1.29 is 14.0 Å². The molecule has 0 aliphatic heterocycles. The Morgan fingerprint density at radius 3 is 2.45 bits per heavy atom. The molecule has 0 aliphatic rings. The number of hydrogen-bond donors (Lipinski definition) is 1. The van der Waals surface area contributed by atoms with E-state index >= 15 is 0 Å². The van der Waals surface area contributed by atoms with Gasteiger partial charge in [-0.3, -0.25) is 14.5 Å². The van der Waals surface area contributed by atoms with Crippen molar-refractivity contribution in [3.63, 3.8) is 0 Å². The summed E-state index contributed by atoms with van der Waals surface area (Å²) in [5.41, 5.74) is 2.85. The number of carbonyl (C=O) groups is 2. The molecule has 1 unspecified atom stereocenters. The number of para-hydroxylation sites is 1. The third-order valence-electron chi connectivity index (χ3n) is 6.40. The minimum absolute atomic E-state index is 0.0281. The summed E-state index contributed by atoms with van der Waals surface area (Å²) >= 11 is 0. The van der Waals surface area contributed by atoms with Crippen LogP contribution in [0.5, 0.6) is 0 Å². The summed E-state index contributed by atoms with van der Waals surface area (Å²) in [5, 5.41) is 3.95. The molecule has 1 N–H and O–H groups in total. The summed E-state index contributed by atoms with van der Waals surface area (Å²) < 4.78 is 15.4. The van der Waals surface area contributed by atoms with Crippen LogP contribution in [-0.4, -0.2) is 26.2 Å². The summed E-state index contributed by atoms with van der Waals surface area (Å²) in [5.74, 6) is -1.22. The van der Waals surface area contributed by atoms with E-state index in [2.05, 4.69) is 15.3 Å². The number of aryl methyl sites for hydroxylation is 1. The maximum atomic E-state index is 13.7. The highest BCUT2D eigenvalue weighted by Crippen LogP contribution is 2.24. The van der Waals surface area contributed by atoms with Gasteiger partial charge in [-0.05, 0) is 42.3 Å². The second-order valence-electron chi connectivity index (χ2n) is 9.03. The molecular weight excluding hydrogens is 481 g/mol. The monoisotopic (exact) mass is 507 g/mol. The van der Waals surface area contributed by atoms with Gasteiger partial charge in [0.25, 0.3) is 5.78 Å². The van der Waals surface area contributed by atoms with Crippen LogP contribution in [0.2, 0.25) is 0 Å². The summed E-state index contributed by atoms with van der Waals surface area (Å²) in [7, 11) is 1.83. The molecule has 0 radical (unpaired) electrons. The molecule has 3 aromatic carbocycles. The Morgan fingerprint density at radius 2 is 1.68 bits per heavy atom. The lowest BCUT2D eigenvalue weighted by Crippen LogP contribution is -2.37. The Morgan fingerprint density at radius 1 is 0.974 bits per heavy atom. The van der Waals surface area contributed by atoms with Gasteiger partial charge in [-0.1, -0.05) is 60.7 Å². The third-order valence-corrected chi connectivity index (χ3v) is 6.40. The van der Waals surface area contributed by atoms with Crippen molar-refractivity contribution in [1.82, 2.24) is 14.5 Å². The van der Waals surface area contributed by atoms with E-state index in [9.17, 15) is 14.0 Å². The number of Topliss-reactive ketones (excluding diaryl/α,β-unsaturated/α-hetero) is 1. The Hall–Kier alpha value is -4.85. The highest BCUT2D eigenvalue weighted by molar-refractivity contribution is 6.48. The van der Waals surface area contributed by atoms with Crippen molar-refractivity contribution >= 4 is 34.4 Å². The lowest BCUT2D eigenvalue weighted by atomic mass is 10.1. The van der Waals surface area contributed by atoms with Gasteiger partial charge < -0.3 is 9.88 Å². The zero-order valence-corrected chi connectivity index (χ0v) is 21.0. The molecule has 1 atom stereocenters. The molecule has 0 saturated heterocycles. The van der Waals surface area contributed by atoms with Gasteiger partial charge in [0.05, 0.1) is 18.2 Å². The highest BCUT2D eigenvalue weighted by Gasteiger charge is 2.28. The fourth-order valence-electron chi connectivity index (χ4n) is 4.38. The molecule has 0 fully saturated rings. The molecule has 1 amide bonds. The van der Waals surface area contributed by atoms with E-state index in [1.54, 1.807) is 24.4 Å². The van der Waals surface area contributed by atoms with Crippen LogP contribution in [0.1, 0.15) is 34.5 Å². The Bertz CT molecular complexity index is 1600. The van der Waals surface area contributed by atoms with Crippen molar-refractivity contribution in [3.8, 4) is 0 Å². The maximum Gasteiger partial charge on any atom is 0.300 e. The van der Waals surface area contributed by atoms with Crippen LogP contribution in [0.15, 0.2) is 97.3 Å². The van der Waals surface area contributed by atoms with Crippen LogP contribution in [0.25, 0.3) is 10.9 Å². The van der Waals surface area contributed by atoms with Crippen LogP contribution in [0, 0.1) is 5.82 Å². The van der Waals surface area contributed by atoms with E-state index < -0.39 is 11.7 Å². The van der Waals surface area contributed by atoms with Crippen LogP contribution in [-0.2, 0) is 18.4 Å². The number of carbonyl (C=O) groups excluding carboxylic acids is 2. The van der Waals surface area contributed by atoms with Crippen LogP contribution >= 0.6 is 0 Å². The molecule has 190 valence electrons. The normalized spacial score (nSPS) is 11.8. The first kappa shape index (κ1) is 24.8. The van der Waals surface area contributed by atoms with E-state index in [4.69, 9.17) is 0 Å². The average Bonchev–Trinajstić information content (AvgIpc) is 3.29. The Labute approximate surface area is 219 Å². The second-order valence-corrected chi connectivity index (χ2v) is 9.03. The predicted octanol–water partition coefficient (Wildman–Crippen LogP) is 5.70. The van der Waals surface area contributed by atoms with Crippen molar-refractivity contribution in [3.05, 3.63) is 120 Å². The smallest absolute Gasteiger partial charge is 0.300 e. The van der Waals surface area contributed by atoms with E-state index in [-0.39, 0.29) is 24.2 Å². The van der Waals surface area contributed by atoms with Crippen molar-refractivity contribution in [1.29, 1.82) is 0 Å². The van der Waals surface area contributed by atoms with Crippen molar-refractivity contribution in [2.75, 3.05) is 10.2 Å². The zero-order valence-electron chi connectivity index (χ0n) is 21.0. The van der Waals surface area contributed by atoms with Gasteiger partial charge in [0.15, 0.2) is 0 Å². The molecule has 2 heterocycles. The van der Waals surface area contributed by atoms with Gasteiger partial charge in [0.1, 0.15) is 11.6 Å².